The Morgan fingerprint density at radius 3 is 2.81 bits per heavy atom. The molecule has 5 nitrogen and oxygen atoms in total. The van der Waals surface area contributed by atoms with Crippen LogP contribution in [0.25, 0.3) is 11.0 Å². The molecule has 4 rings (SSSR count). The van der Waals surface area contributed by atoms with Crippen LogP contribution in [0, 0.1) is 6.92 Å². The highest BCUT2D eigenvalue weighted by atomic mass is 79.9. The number of aryl methyl sites for hydroxylation is 1. The second-order valence-corrected chi connectivity index (χ2v) is 7.30. The van der Waals surface area contributed by atoms with Crippen molar-refractivity contribution >= 4 is 32.8 Å². The number of rotatable bonds is 5. The lowest BCUT2D eigenvalue weighted by Gasteiger charge is -2.11. The number of furan rings is 1. The average molecular weight is 424 g/mol. The number of fused-ring (bicyclic) bond motifs is 1. The van der Waals surface area contributed by atoms with Gasteiger partial charge < -0.3 is 14.3 Å². The zero-order valence-corrected chi connectivity index (χ0v) is 16.4. The summed E-state index contributed by atoms with van der Waals surface area (Å²) in [6, 6.07) is 13.8. The van der Waals surface area contributed by atoms with E-state index in [0.29, 0.717) is 24.4 Å². The van der Waals surface area contributed by atoms with Gasteiger partial charge in [0, 0.05) is 40.9 Å². The molecule has 0 radical (unpaired) electrons. The molecule has 136 valence electrons. The van der Waals surface area contributed by atoms with Crippen LogP contribution in [-0.4, -0.2) is 15.5 Å². The Hall–Kier alpha value is -2.86. The van der Waals surface area contributed by atoms with Crippen LogP contribution in [0.3, 0.4) is 0 Å². The second kappa shape index (κ2) is 7.40. The average Bonchev–Trinajstić information content (AvgIpc) is 3.29. The Bertz CT molecular complexity index is 1100. The molecular formula is C21H18BrN3O2. The number of halogens is 1. The van der Waals surface area contributed by atoms with Gasteiger partial charge in [-0.2, -0.15) is 0 Å². The molecule has 0 aliphatic carbocycles. The summed E-state index contributed by atoms with van der Waals surface area (Å²) in [6.07, 6.45) is 5.46. The fourth-order valence-electron chi connectivity index (χ4n) is 3.13. The van der Waals surface area contributed by atoms with Crippen LogP contribution in [0.15, 0.2) is 70.1 Å². The fourth-order valence-corrected chi connectivity index (χ4v) is 3.49. The third-order valence-electron chi connectivity index (χ3n) is 4.57. The topological polar surface area (TPSA) is 60.1 Å². The molecule has 6 heteroatoms. The molecule has 1 N–H and O–H groups in total. The van der Waals surface area contributed by atoms with Crippen LogP contribution in [-0.2, 0) is 13.1 Å². The Labute approximate surface area is 165 Å². The third-order valence-corrected chi connectivity index (χ3v) is 5.07. The molecule has 0 bridgehead atoms. The van der Waals surface area contributed by atoms with Crippen molar-refractivity contribution in [2.24, 2.45) is 0 Å². The molecule has 2 aromatic heterocycles. The monoisotopic (exact) mass is 423 g/mol. The zero-order chi connectivity index (χ0) is 18.8. The predicted octanol–water partition coefficient (Wildman–Crippen LogP) is 4.68. The van der Waals surface area contributed by atoms with Crippen LogP contribution in [0.2, 0.25) is 0 Å². The van der Waals surface area contributed by atoms with Gasteiger partial charge in [0.1, 0.15) is 5.58 Å². The van der Waals surface area contributed by atoms with E-state index in [2.05, 4.69) is 32.3 Å². The Kier molecular flexibility index (Phi) is 4.81. The first-order chi connectivity index (χ1) is 13.1. The summed E-state index contributed by atoms with van der Waals surface area (Å²) in [5.41, 5.74) is 3.76. The van der Waals surface area contributed by atoms with E-state index in [1.54, 1.807) is 12.5 Å². The standard InChI is InChI=1S/C21H18BrN3O2/c1-14-18-10-17(22)6-7-19(18)27-20(14)21(26)24-11-15-4-2-3-5-16(15)12-25-9-8-23-13-25/h2-10,13H,11-12H2,1H3,(H,24,26). The van der Waals surface area contributed by atoms with Gasteiger partial charge in [0.2, 0.25) is 0 Å². The first-order valence-electron chi connectivity index (χ1n) is 8.61. The molecule has 0 fully saturated rings. The fraction of sp³-hybridized carbons (Fsp3) is 0.143. The number of carbonyl (C=O) groups is 1. The summed E-state index contributed by atoms with van der Waals surface area (Å²) >= 11 is 3.46. The maximum Gasteiger partial charge on any atom is 0.287 e. The zero-order valence-electron chi connectivity index (χ0n) is 14.8. The number of nitrogens with zero attached hydrogens (tertiary/aromatic N) is 2. The van der Waals surface area contributed by atoms with Crippen molar-refractivity contribution < 1.29 is 9.21 Å². The molecule has 4 aromatic rings. The van der Waals surface area contributed by atoms with Crippen molar-refractivity contribution in [3.8, 4) is 0 Å². The summed E-state index contributed by atoms with van der Waals surface area (Å²) in [6.45, 7) is 3.05. The van der Waals surface area contributed by atoms with Crippen molar-refractivity contribution in [3.63, 3.8) is 0 Å². The highest BCUT2D eigenvalue weighted by molar-refractivity contribution is 9.10. The van der Waals surface area contributed by atoms with Gasteiger partial charge in [-0.05, 0) is 36.2 Å². The largest absolute Gasteiger partial charge is 0.451 e. The predicted molar refractivity (Wildman–Crippen MR) is 108 cm³/mol. The molecule has 0 atom stereocenters. The molecule has 0 unspecified atom stereocenters. The minimum absolute atomic E-state index is 0.211. The van der Waals surface area contributed by atoms with Gasteiger partial charge in [0.05, 0.1) is 6.33 Å². The Balaban J connectivity index is 1.52. The van der Waals surface area contributed by atoms with Gasteiger partial charge in [-0.15, -0.1) is 0 Å². The Morgan fingerprint density at radius 2 is 2.04 bits per heavy atom. The van der Waals surface area contributed by atoms with Gasteiger partial charge >= 0.3 is 0 Å². The summed E-state index contributed by atoms with van der Waals surface area (Å²) in [7, 11) is 0. The number of carbonyl (C=O) groups excluding carboxylic acids is 1. The SMILES string of the molecule is Cc1c(C(=O)NCc2ccccc2Cn2ccnc2)oc2ccc(Br)cc12. The van der Waals surface area contributed by atoms with Gasteiger partial charge in [-0.3, -0.25) is 4.79 Å². The molecule has 0 spiro atoms. The molecule has 2 aromatic carbocycles. The molecule has 0 saturated carbocycles. The van der Waals surface area contributed by atoms with Crippen LogP contribution in [0.5, 0.6) is 0 Å². The quantitative estimate of drug-likeness (QED) is 0.506. The minimum atomic E-state index is -0.211. The number of nitrogens with one attached hydrogen (secondary N) is 1. The van der Waals surface area contributed by atoms with Gasteiger partial charge in [-0.25, -0.2) is 4.98 Å². The van der Waals surface area contributed by atoms with Gasteiger partial charge in [0.25, 0.3) is 5.91 Å². The lowest BCUT2D eigenvalue weighted by molar-refractivity contribution is 0.0924. The summed E-state index contributed by atoms with van der Waals surface area (Å²) in [4.78, 5) is 16.8. The van der Waals surface area contributed by atoms with E-state index in [-0.39, 0.29) is 5.91 Å². The normalized spacial score (nSPS) is 11.0. The van der Waals surface area contributed by atoms with E-state index < -0.39 is 0 Å². The highest BCUT2D eigenvalue weighted by Gasteiger charge is 2.18. The van der Waals surface area contributed by atoms with Crippen molar-refractivity contribution in [1.29, 1.82) is 0 Å². The van der Waals surface area contributed by atoms with E-state index in [0.717, 1.165) is 26.5 Å². The summed E-state index contributed by atoms with van der Waals surface area (Å²) < 4.78 is 8.73. The minimum Gasteiger partial charge on any atom is -0.451 e. The van der Waals surface area contributed by atoms with Crippen molar-refractivity contribution in [1.82, 2.24) is 14.9 Å². The van der Waals surface area contributed by atoms with E-state index in [1.165, 1.54) is 0 Å². The van der Waals surface area contributed by atoms with Crippen molar-refractivity contribution in [3.05, 3.63) is 88.1 Å². The van der Waals surface area contributed by atoms with E-state index >= 15 is 0 Å². The molecule has 0 saturated heterocycles. The van der Waals surface area contributed by atoms with Crippen LogP contribution >= 0.6 is 15.9 Å². The number of amides is 1. The number of aromatic nitrogens is 2. The maximum absolute atomic E-state index is 12.7. The maximum atomic E-state index is 12.7. The van der Waals surface area contributed by atoms with Crippen LogP contribution < -0.4 is 5.32 Å². The molecule has 2 heterocycles. The van der Waals surface area contributed by atoms with E-state index in [1.807, 2.05) is 54.1 Å². The molecular weight excluding hydrogens is 406 g/mol. The summed E-state index contributed by atoms with van der Waals surface area (Å²) in [5.74, 6) is 0.146. The molecule has 0 aliphatic rings. The Morgan fingerprint density at radius 1 is 1.22 bits per heavy atom. The molecule has 0 aliphatic heterocycles. The van der Waals surface area contributed by atoms with E-state index in [4.69, 9.17) is 4.42 Å². The van der Waals surface area contributed by atoms with Gasteiger partial charge in [0.15, 0.2) is 5.76 Å². The highest BCUT2D eigenvalue weighted by Crippen LogP contribution is 2.28. The van der Waals surface area contributed by atoms with Crippen molar-refractivity contribution in [2.75, 3.05) is 0 Å². The number of imidazole rings is 1. The lowest BCUT2D eigenvalue weighted by atomic mass is 10.1. The smallest absolute Gasteiger partial charge is 0.287 e. The third kappa shape index (κ3) is 3.66. The number of benzene rings is 2. The number of hydrogen-bond donors (Lipinski definition) is 1. The van der Waals surface area contributed by atoms with Crippen molar-refractivity contribution in [2.45, 2.75) is 20.0 Å². The first-order valence-corrected chi connectivity index (χ1v) is 9.40. The second-order valence-electron chi connectivity index (χ2n) is 6.38. The first kappa shape index (κ1) is 17.5. The lowest BCUT2D eigenvalue weighted by Crippen LogP contribution is -2.23. The molecule has 27 heavy (non-hydrogen) atoms. The van der Waals surface area contributed by atoms with E-state index in [9.17, 15) is 4.79 Å². The summed E-state index contributed by atoms with van der Waals surface area (Å²) in [5, 5.41) is 3.92. The van der Waals surface area contributed by atoms with Gasteiger partial charge in [-0.1, -0.05) is 40.2 Å². The number of hydrogen-bond acceptors (Lipinski definition) is 3. The molecule has 1 amide bonds. The van der Waals surface area contributed by atoms with Crippen LogP contribution in [0.1, 0.15) is 27.2 Å². The van der Waals surface area contributed by atoms with Crippen LogP contribution in [0.4, 0.5) is 0 Å².